The second kappa shape index (κ2) is 8.42. The van der Waals surface area contributed by atoms with Crippen LogP contribution >= 0.6 is 11.5 Å². The van der Waals surface area contributed by atoms with Gasteiger partial charge < -0.3 is 19.5 Å². The lowest BCUT2D eigenvalue weighted by Crippen LogP contribution is -2.50. The van der Waals surface area contributed by atoms with Gasteiger partial charge in [-0.15, -0.1) is 0 Å². The summed E-state index contributed by atoms with van der Waals surface area (Å²) in [5.41, 5.74) is 3.63. The van der Waals surface area contributed by atoms with Crippen LogP contribution in [0.1, 0.15) is 37.8 Å². The van der Waals surface area contributed by atoms with E-state index < -0.39 is 0 Å². The molecule has 4 aromatic heterocycles. The maximum absolute atomic E-state index is 6.52. The number of aromatic nitrogens is 6. The molecule has 2 aliphatic rings. The van der Waals surface area contributed by atoms with Gasteiger partial charge in [-0.2, -0.15) is 14.5 Å². The number of hydrogen-bond acceptors (Lipinski definition) is 8. The number of anilines is 2. The van der Waals surface area contributed by atoms with Gasteiger partial charge in [-0.1, -0.05) is 6.42 Å². The van der Waals surface area contributed by atoms with Gasteiger partial charge in [0.2, 0.25) is 11.8 Å². The lowest BCUT2D eigenvalue weighted by Gasteiger charge is -2.44. The molecule has 0 unspecified atom stereocenters. The van der Waals surface area contributed by atoms with Crippen LogP contribution in [0.5, 0.6) is 5.88 Å². The Morgan fingerprint density at radius 1 is 1.15 bits per heavy atom. The Morgan fingerprint density at radius 3 is 2.73 bits per heavy atom. The largest absolute Gasteiger partial charge is 0.473 e. The first-order valence-corrected chi connectivity index (χ1v) is 12.4. The molecular formula is C23H28N8OS. The van der Waals surface area contributed by atoms with E-state index in [1.54, 1.807) is 4.68 Å². The van der Waals surface area contributed by atoms with Crippen LogP contribution in [0.3, 0.4) is 0 Å². The highest BCUT2D eigenvalue weighted by molar-refractivity contribution is 7.10. The van der Waals surface area contributed by atoms with E-state index in [9.17, 15) is 0 Å². The molecule has 0 spiro atoms. The van der Waals surface area contributed by atoms with Gasteiger partial charge in [0.15, 0.2) is 0 Å². The Morgan fingerprint density at radius 2 is 2.00 bits per heavy atom. The topological polar surface area (TPSA) is 85.9 Å². The van der Waals surface area contributed by atoms with E-state index in [1.165, 1.54) is 43.9 Å². The number of rotatable bonds is 6. The summed E-state index contributed by atoms with van der Waals surface area (Å²) in [4.78, 5) is 12.2. The highest BCUT2D eigenvalue weighted by Gasteiger charge is 2.36. The third-order valence-corrected chi connectivity index (χ3v) is 7.38. The molecule has 9 nitrogen and oxygen atoms in total. The van der Waals surface area contributed by atoms with Crippen molar-refractivity contribution in [2.24, 2.45) is 7.05 Å². The summed E-state index contributed by atoms with van der Waals surface area (Å²) in [6.45, 7) is 4.42. The molecule has 4 aromatic rings. The summed E-state index contributed by atoms with van der Waals surface area (Å²) in [5, 5.41) is 8.54. The minimum absolute atomic E-state index is 0.172. The van der Waals surface area contributed by atoms with Gasteiger partial charge in [0.05, 0.1) is 23.1 Å². The van der Waals surface area contributed by atoms with Crippen LogP contribution in [0, 0.1) is 6.92 Å². The number of fused-ring (bicyclic) bond motifs is 1. The predicted octanol–water partition coefficient (Wildman–Crippen LogP) is 4.06. The van der Waals surface area contributed by atoms with Gasteiger partial charge in [0, 0.05) is 38.3 Å². The van der Waals surface area contributed by atoms with Crippen molar-refractivity contribution in [3.63, 3.8) is 0 Å². The molecule has 2 fully saturated rings. The van der Waals surface area contributed by atoms with Crippen LogP contribution in [0.2, 0.25) is 0 Å². The van der Waals surface area contributed by atoms with E-state index in [2.05, 4.69) is 24.3 Å². The maximum Gasteiger partial charge on any atom is 0.244 e. The number of ether oxygens (including phenoxy) is 1. The van der Waals surface area contributed by atoms with Crippen LogP contribution in [-0.4, -0.2) is 58.8 Å². The molecule has 172 valence electrons. The lowest BCUT2D eigenvalue weighted by atomic mass is 9.86. The van der Waals surface area contributed by atoms with Gasteiger partial charge in [-0.05, 0) is 56.5 Å². The summed E-state index contributed by atoms with van der Waals surface area (Å²) >= 11 is 1.40. The van der Waals surface area contributed by atoms with Crippen molar-refractivity contribution >= 4 is 33.5 Å². The van der Waals surface area contributed by atoms with E-state index >= 15 is 0 Å². The van der Waals surface area contributed by atoms with Gasteiger partial charge in [0.25, 0.3) is 0 Å². The van der Waals surface area contributed by atoms with Crippen LogP contribution in [0.15, 0.2) is 30.7 Å². The number of nitrogens with one attached hydrogen (secondary N) is 1. The van der Waals surface area contributed by atoms with E-state index in [0.717, 1.165) is 40.3 Å². The minimum Gasteiger partial charge on any atom is -0.473 e. The second-order valence-electron chi connectivity index (χ2n) is 9.06. The van der Waals surface area contributed by atoms with E-state index in [4.69, 9.17) is 14.7 Å². The lowest BCUT2D eigenvalue weighted by molar-refractivity contribution is 0.00746. The zero-order chi connectivity index (χ0) is 22.4. The average molecular weight is 465 g/mol. The number of aryl methyl sites for hydroxylation is 2. The molecular weight excluding hydrogens is 436 g/mol. The minimum atomic E-state index is 0.172. The second-order valence-corrected chi connectivity index (χ2v) is 9.87. The van der Waals surface area contributed by atoms with Gasteiger partial charge in [-0.25, -0.2) is 4.98 Å². The maximum atomic E-state index is 6.52. The number of hydrogen-bond donors (Lipinski definition) is 1. The fraction of sp³-hybridized carbons (Fsp3) is 0.478. The van der Waals surface area contributed by atoms with Crippen molar-refractivity contribution in [3.8, 4) is 11.6 Å². The molecule has 5 heterocycles. The SMILES string of the molecule is Cc1cc(Nc2nc(OC3CC(N4CCCCC4)C3)c3c(ccn3-c3cnn(C)c3)n2)sn1. The molecule has 1 aliphatic heterocycles. The third-order valence-electron chi connectivity index (χ3n) is 6.59. The predicted molar refractivity (Wildman–Crippen MR) is 129 cm³/mol. The smallest absolute Gasteiger partial charge is 0.244 e. The molecule has 1 saturated carbocycles. The third kappa shape index (κ3) is 4.08. The molecule has 33 heavy (non-hydrogen) atoms. The fourth-order valence-corrected chi connectivity index (χ4v) is 5.46. The fourth-order valence-electron chi connectivity index (χ4n) is 4.81. The Kier molecular flexibility index (Phi) is 5.26. The summed E-state index contributed by atoms with van der Waals surface area (Å²) in [5.74, 6) is 1.14. The van der Waals surface area contributed by atoms with E-state index in [-0.39, 0.29) is 6.10 Å². The quantitative estimate of drug-likeness (QED) is 0.461. The molecule has 0 bridgehead atoms. The van der Waals surface area contributed by atoms with Crippen molar-refractivity contribution in [1.82, 2.24) is 33.6 Å². The van der Waals surface area contributed by atoms with Crippen LogP contribution in [-0.2, 0) is 7.05 Å². The van der Waals surface area contributed by atoms with E-state index in [1.807, 2.05) is 44.7 Å². The van der Waals surface area contributed by atoms with Gasteiger partial charge in [0.1, 0.15) is 16.6 Å². The molecule has 10 heteroatoms. The van der Waals surface area contributed by atoms with Crippen molar-refractivity contribution in [3.05, 3.63) is 36.4 Å². The average Bonchev–Trinajstić information content (AvgIpc) is 3.51. The first-order valence-electron chi connectivity index (χ1n) is 11.6. The first kappa shape index (κ1) is 20.6. The summed E-state index contributed by atoms with van der Waals surface area (Å²) in [6, 6.07) is 4.63. The molecule has 1 aliphatic carbocycles. The highest BCUT2D eigenvalue weighted by atomic mass is 32.1. The summed E-state index contributed by atoms with van der Waals surface area (Å²) in [7, 11) is 1.91. The van der Waals surface area contributed by atoms with E-state index in [0.29, 0.717) is 17.9 Å². The monoisotopic (exact) mass is 464 g/mol. The zero-order valence-electron chi connectivity index (χ0n) is 18.9. The molecule has 0 radical (unpaired) electrons. The molecule has 1 saturated heterocycles. The van der Waals surface area contributed by atoms with Crippen LogP contribution < -0.4 is 10.1 Å². The van der Waals surface area contributed by atoms with Crippen LogP contribution in [0.4, 0.5) is 10.9 Å². The highest BCUT2D eigenvalue weighted by Crippen LogP contribution is 2.35. The Labute approximate surface area is 196 Å². The summed E-state index contributed by atoms with van der Waals surface area (Å²) in [6.07, 6.45) is 12.1. The first-order chi connectivity index (χ1) is 16.1. The van der Waals surface area contributed by atoms with Crippen molar-refractivity contribution < 1.29 is 4.74 Å². The van der Waals surface area contributed by atoms with Crippen molar-refractivity contribution in [1.29, 1.82) is 0 Å². The number of nitrogens with zero attached hydrogens (tertiary/aromatic N) is 7. The Balaban J connectivity index is 1.30. The number of piperidine rings is 1. The summed E-state index contributed by atoms with van der Waals surface area (Å²) < 4.78 is 14.7. The van der Waals surface area contributed by atoms with Crippen molar-refractivity contribution in [2.75, 3.05) is 18.4 Å². The molecule has 0 amide bonds. The zero-order valence-corrected chi connectivity index (χ0v) is 19.8. The normalized spacial score (nSPS) is 21.3. The molecule has 0 atom stereocenters. The van der Waals surface area contributed by atoms with Crippen LogP contribution in [0.25, 0.3) is 16.7 Å². The number of likely N-dealkylation sites (tertiary alicyclic amines) is 1. The Bertz CT molecular complexity index is 1260. The van der Waals surface area contributed by atoms with Gasteiger partial charge in [-0.3, -0.25) is 4.68 Å². The van der Waals surface area contributed by atoms with Gasteiger partial charge >= 0.3 is 0 Å². The standard InChI is InChI=1S/C23H28N8OS/c1-15-10-20(33-28-15)26-23-25-19-6-9-31(17-13-24-29(2)14-17)21(19)22(27-23)32-18-11-16(12-18)30-7-4-3-5-8-30/h6,9-10,13-14,16,18H,3-5,7-8,11-12H2,1-2H3,(H,25,26,27). The molecule has 6 rings (SSSR count). The molecule has 0 aromatic carbocycles. The van der Waals surface area contributed by atoms with Crippen molar-refractivity contribution in [2.45, 2.75) is 51.2 Å². The molecule has 1 N–H and O–H groups in total. The Hall–Kier alpha value is -2.98.